The average Bonchev–Trinajstić information content (AvgIpc) is 3.28. The Hall–Kier alpha value is -2.87. The highest BCUT2D eigenvalue weighted by molar-refractivity contribution is 7.90. The van der Waals surface area contributed by atoms with Crippen LogP contribution >= 0.6 is 23.2 Å². The molecule has 0 aliphatic heterocycles. The summed E-state index contributed by atoms with van der Waals surface area (Å²) in [6.07, 6.45) is 0.617. The highest BCUT2D eigenvalue weighted by Crippen LogP contribution is 2.32. The van der Waals surface area contributed by atoms with Gasteiger partial charge in [-0.2, -0.15) is 10.2 Å². The van der Waals surface area contributed by atoms with Crippen molar-refractivity contribution >= 4 is 44.8 Å². The molecule has 10 nitrogen and oxygen atoms in total. The molecule has 0 bridgehead atoms. The van der Waals surface area contributed by atoms with Crippen LogP contribution in [0.3, 0.4) is 0 Å². The van der Waals surface area contributed by atoms with Crippen LogP contribution in [0, 0.1) is 0 Å². The number of aromatic nitrogens is 4. The van der Waals surface area contributed by atoms with Crippen LogP contribution in [0.1, 0.15) is 32.0 Å². The van der Waals surface area contributed by atoms with E-state index >= 15 is 0 Å². The number of ether oxygens (including phenoxy) is 2. The van der Waals surface area contributed by atoms with Crippen molar-refractivity contribution in [3.05, 3.63) is 57.0 Å². The second-order valence-corrected chi connectivity index (χ2v) is 10.1. The SMILES string of the molecule is Cn1cc(Cl)c(C(=O)Oc2c(C(=O)c3ccc(S(C)(=O)=O)c(COCC(F)F)c3Cl)cnn2C)n1. The lowest BCUT2D eigenvalue weighted by Gasteiger charge is -2.14. The molecular formula is C20H18Cl2F2N4O6S. The predicted molar refractivity (Wildman–Crippen MR) is 120 cm³/mol. The van der Waals surface area contributed by atoms with Crippen molar-refractivity contribution in [1.82, 2.24) is 19.6 Å². The number of esters is 1. The van der Waals surface area contributed by atoms with Crippen LogP contribution in [0.5, 0.6) is 5.88 Å². The summed E-state index contributed by atoms with van der Waals surface area (Å²) in [6, 6.07) is 2.27. The van der Waals surface area contributed by atoms with Crippen molar-refractivity contribution in [2.75, 3.05) is 12.9 Å². The van der Waals surface area contributed by atoms with E-state index in [9.17, 15) is 26.8 Å². The Kier molecular flexibility index (Phi) is 7.94. The van der Waals surface area contributed by atoms with Gasteiger partial charge in [0.25, 0.3) is 6.43 Å². The third-order valence-corrected chi connectivity index (χ3v) is 6.52. The van der Waals surface area contributed by atoms with E-state index in [2.05, 4.69) is 10.2 Å². The van der Waals surface area contributed by atoms with E-state index in [1.165, 1.54) is 17.9 Å². The first-order valence-corrected chi connectivity index (χ1v) is 12.3. The highest BCUT2D eigenvalue weighted by atomic mass is 35.5. The van der Waals surface area contributed by atoms with Crippen LogP contribution < -0.4 is 4.74 Å². The molecule has 3 rings (SSSR count). The van der Waals surface area contributed by atoms with E-state index in [-0.39, 0.29) is 43.2 Å². The third-order valence-electron chi connectivity index (χ3n) is 4.63. The summed E-state index contributed by atoms with van der Waals surface area (Å²) < 4.78 is 61.9. The number of nitrogens with zero attached hydrogens (tertiary/aromatic N) is 4. The molecule has 3 aromatic rings. The number of hydrogen-bond donors (Lipinski definition) is 0. The van der Waals surface area contributed by atoms with Crippen LogP contribution in [0.4, 0.5) is 8.78 Å². The Bertz CT molecular complexity index is 1400. The van der Waals surface area contributed by atoms with Crippen molar-refractivity contribution in [2.45, 2.75) is 17.9 Å². The number of carbonyl (C=O) groups is 2. The number of alkyl halides is 2. The van der Waals surface area contributed by atoms with Gasteiger partial charge in [0, 0.05) is 37.7 Å². The second-order valence-electron chi connectivity index (χ2n) is 7.29. The predicted octanol–water partition coefficient (Wildman–Crippen LogP) is 3.10. The fourth-order valence-corrected chi connectivity index (χ4v) is 4.63. The van der Waals surface area contributed by atoms with Gasteiger partial charge in [-0.3, -0.25) is 9.48 Å². The zero-order valence-corrected chi connectivity index (χ0v) is 20.8. The molecule has 1 aromatic carbocycles. The minimum atomic E-state index is -3.84. The van der Waals surface area contributed by atoms with Gasteiger partial charge < -0.3 is 9.47 Å². The molecule has 15 heteroatoms. The molecule has 0 amide bonds. The number of rotatable bonds is 9. The Morgan fingerprint density at radius 2 is 1.86 bits per heavy atom. The number of hydrogen-bond acceptors (Lipinski definition) is 8. The molecule has 0 saturated carbocycles. The minimum Gasteiger partial charge on any atom is -0.402 e. The van der Waals surface area contributed by atoms with Crippen molar-refractivity contribution in [3.63, 3.8) is 0 Å². The summed E-state index contributed by atoms with van der Waals surface area (Å²) in [6.45, 7) is -1.55. The lowest BCUT2D eigenvalue weighted by molar-refractivity contribution is 0.00922. The maximum atomic E-state index is 13.3. The lowest BCUT2D eigenvalue weighted by atomic mass is 10.0. The second kappa shape index (κ2) is 10.4. The highest BCUT2D eigenvalue weighted by Gasteiger charge is 2.28. The van der Waals surface area contributed by atoms with Gasteiger partial charge >= 0.3 is 5.97 Å². The largest absolute Gasteiger partial charge is 0.402 e. The summed E-state index contributed by atoms with van der Waals surface area (Å²) in [5, 5.41) is 7.54. The standard InChI is InChI=1S/C20H18Cl2F2N4O6S/c1-27-7-13(21)17(26-27)20(30)34-19-11(6-25-28(19)2)18(29)10-4-5-14(35(3,31)32)12(16(10)22)8-33-9-15(23)24/h4-7,15H,8-9H2,1-3H3. The fraction of sp³-hybridized carbons (Fsp3) is 0.300. The molecular weight excluding hydrogens is 533 g/mol. The van der Waals surface area contributed by atoms with E-state index < -0.39 is 41.2 Å². The van der Waals surface area contributed by atoms with Gasteiger partial charge in [0.15, 0.2) is 15.5 Å². The first kappa shape index (κ1) is 26.7. The molecule has 0 unspecified atom stereocenters. The van der Waals surface area contributed by atoms with Crippen molar-refractivity contribution in [1.29, 1.82) is 0 Å². The van der Waals surface area contributed by atoms with E-state index in [0.29, 0.717) is 0 Å². The van der Waals surface area contributed by atoms with Crippen LogP contribution in [-0.2, 0) is 35.3 Å². The first-order valence-electron chi connectivity index (χ1n) is 9.66. The number of sulfone groups is 1. The summed E-state index contributed by atoms with van der Waals surface area (Å²) in [7, 11) is -0.875. The first-order chi connectivity index (χ1) is 16.3. The molecule has 2 heterocycles. The van der Waals surface area contributed by atoms with Gasteiger partial charge in [-0.05, 0) is 12.1 Å². The minimum absolute atomic E-state index is 0.0281. The van der Waals surface area contributed by atoms with Gasteiger partial charge in [0.05, 0.1) is 27.7 Å². The molecule has 0 spiro atoms. The molecule has 0 radical (unpaired) electrons. The van der Waals surface area contributed by atoms with E-state index in [0.717, 1.165) is 29.3 Å². The van der Waals surface area contributed by atoms with Crippen LogP contribution in [0.15, 0.2) is 29.4 Å². The number of aryl methyl sites for hydroxylation is 2. The van der Waals surface area contributed by atoms with Crippen molar-refractivity contribution < 1.29 is 36.3 Å². The molecule has 0 atom stereocenters. The van der Waals surface area contributed by atoms with E-state index in [1.54, 1.807) is 7.05 Å². The molecule has 0 saturated heterocycles. The average molecular weight is 551 g/mol. The van der Waals surface area contributed by atoms with Crippen LogP contribution in [0.25, 0.3) is 0 Å². The molecule has 0 fully saturated rings. The quantitative estimate of drug-likeness (QED) is 0.294. The van der Waals surface area contributed by atoms with Crippen LogP contribution in [-0.4, -0.2) is 59.0 Å². The molecule has 0 N–H and O–H groups in total. The van der Waals surface area contributed by atoms with Gasteiger partial charge in [-0.15, -0.1) is 0 Å². The Morgan fingerprint density at radius 3 is 2.43 bits per heavy atom. The zero-order valence-electron chi connectivity index (χ0n) is 18.5. The summed E-state index contributed by atoms with van der Waals surface area (Å²) in [5.41, 5.74) is -0.719. The zero-order chi connectivity index (χ0) is 26.1. The summed E-state index contributed by atoms with van der Waals surface area (Å²) >= 11 is 12.3. The Labute approximate surface area is 208 Å². The molecule has 35 heavy (non-hydrogen) atoms. The topological polar surface area (TPSA) is 122 Å². The Morgan fingerprint density at radius 1 is 1.17 bits per heavy atom. The lowest BCUT2D eigenvalue weighted by Crippen LogP contribution is -2.16. The number of carbonyl (C=O) groups excluding carboxylic acids is 2. The summed E-state index contributed by atoms with van der Waals surface area (Å²) in [5.74, 6) is -1.97. The molecule has 0 aliphatic rings. The molecule has 188 valence electrons. The molecule has 2 aromatic heterocycles. The number of ketones is 1. The van der Waals surface area contributed by atoms with Gasteiger partial charge in [-0.25, -0.2) is 26.7 Å². The van der Waals surface area contributed by atoms with Gasteiger partial charge in [0.2, 0.25) is 11.7 Å². The monoisotopic (exact) mass is 550 g/mol. The normalized spacial score (nSPS) is 11.8. The van der Waals surface area contributed by atoms with Gasteiger partial charge in [0.1, 0.15) is 12.2 Å². The molecule has 0 aliphatic carbocycles. The third kappa shape index (κ3) is 5.86. The van der Waals surface area contributed by atoms with E-state index in [4.69, 9.17) is 32.7 Å². The van der Waals surface area contributed by atoms with Crippen molar-refractivity contribution in [3.8, 4) is 5.88 Å². The van der Waals surface area contributed by atoms with Crippen molar-refractivity contribution in [2.24, 2.45) is 14.1 Å². The number of halogens is 4. The van der Waals surface area contributed by atoms with Gasteiger partial charge in [-0.1, -0.05) is 23.2 Å². The van der Waals surface area contributed by atoms with E-state index in [1.807, 2.05) is 0 Å². The maximum Gasteiger partial charge on any atom is 0.367 e. The summed E-state index contributed by atoms with van der Waals surface area (Å²) in [4.78, 5) is 25.6. The van der Waals surface area contributed by atoms with Crippen LogP contribution in [0.2, 0.25) is 10.0 Å². The number of benzene rings is 1. The smallest absolute Gasteiger partial charge is 0.367 e. The maximum absolute atomic E-state index is 13.3. The fourth-order valence-electron chi connectivity index (χ4n) is 3.09. The Balaban J connectivity index is 2.00.